The van der Waals surface area contributed by atoms with Gasteiger partial charge in [-0.05, 0) is 12.5 Å². The molecule has 1 amide bonds. The average molecular weight is 291 g/mol. The molecule has 1 heterocycles. The summed E-state index contributed by atoms with van der Waals surface area (Å²) in [6.45, 7) is 1.82. The normalized spacial score (nSPS) is 21.1. The highest BCUT2D eigenvalue weighted by Crippen LogP contribution is 2.22. The zero-order valence-corrected chi connectivity index (χ0v) is 11.6. The highest BCUT2D eigenvalue weighted by atomic mass is 32.2. The lowest BCUT2D eigenvalue weighted by Crippen LogP contribution is -2.26. The number of nitrogens with one attached hydrogen (secondary N) is 1. The van der Waals surface area contributed by atoms with Crippen LogP contribution in [0.1, 0.15) is 18.9 Å². The summed E-state index contributed by atoms with van der Waals surface area (Å²) in [7, 11) is 0. The maximum absolute atomic E-state index is 11.5. The maximum atomic E-state index is 11.5. The molecule has 2 rings (SSSR count). The Morgan fingerprint density at radius 1 is 1.40 bits per heavy atom. The molecule has 20 heavy (non-hydrogen) atoms. The van der Waals surface area contributed by atoms with E-state index in [0.29, 0.717) is 5.17 Å². The number of amidine groups is 1. The number of aliphatic carboxylic acids is 1. The fraction of sp³-hybridized carbons (Fsp3) is 0.231. The Labute approximate surface area is 120 Å². The molecule has 2 N–H and O–H groups in total. The summed E-state index contributed by atoms with van der Waals surface area (Å²) in [6, 6.07) is 9.53. The Kier molecular flexibility index (Phi) is 4.52. The van der Waals surface area contributed by atoms with Crippen molar-refractivity contribution in [2.24, 2.45) is 10.2 Å². The Hall–Kier alpha value is -2.15. The first-order valence-electron chi connectivity index (χ1n) is 5.93. The second-order valence-corrected chi connectivity index (χ2v) is 5.34. The number of amides is 1. The molecule has 104 valence electrons. The molecular formula is C13H13N3O3S. The van der Waals surface area contributed by atoms with E-state index < -0.39 is 11.2 Å². The second-order valence-electron chi connectivity index (χ2n) is 4.15. The minimum Gasteiger partial charge on any atom is -0.481 e. The van der Waals surface area contributed by atoms with Crippen molar-refractivity contribution in [3.05, 3.63) is 35.9 Å². The molecule has 1 fully saturated rings. The highest BCUT2D eigenvalue weighted by Gasteiger charge is 2.32. The predicted octanol–water partition coefficient (Wildman–Crippen LogP) is 1.47. The van der Waals surface area contributed by atoms with Gasteiger partial charge >= 0.3 is 5.97 Å². The van der Waals surface area contributed by atoms with Crippen molar-refractivity contribution < 1.29 is 14.7 Å². The van der Waals surface area contributed by atoms with E-state index in [-0.39, 0.29) is 12.3 Å². The molecule has 7 heteroatoms. The number of carboxylic acid groups (broad SMARTS) is 1. The monoisotopic (exact) mass is 291 g/mol. The van der Waals surface area contributed by atoms with Gasteiger partial charge in [-0.25, -0.2) is 0 Å². The van der Waals surface area contributed by atoms with Gasteiger partial charge in [-0.2, -0.15) is 5.10 Å². The van der Waals surface area contributed by atoms with Crippen LogP contribution in [-0.4, -0.2) is 33.1 Å². The lowest BCUT2D eigenvalue weighted by molar-refractivity contribution is -0.138. The van der Waals surface area contributed by atoms with Crippen molar-refractivity contribution >= 4 is 34.5 Å². The van der Waals surface area contributed by atoms with Crippen LogP contribution in [0.5, 0.6) is 0 Å². The molecular weight excluding hydrogens is 278 g/mol. The average Bonchev–Trinajstić information content (AvgIpc) is 2.77. The van der Waals surface area contributed by atoms with Gasteiger partial charge in [0.2, 0.25) is 5.91 Å². The zero-order valence-electron chi connectivity index (χ0n) is 10.7. The standard InChI is InChI=1S/C13H13N3O3S/c1-8(9-5-3-2-4-6-9)15-16-13-14-12(19)10(20-13)7-11(17)18/h2-6,10H,7H2,1H3,(H,17,18)(H,14,16,19)/b15-8+. The Morgan fingerprint density at radius 2 is 2.10 bits per heavy atom. The van der Waals surface area contributed by atoms with Crippen LogP contribution >= 0.6 is 11.8 Å². The molecule has 1 saturated heterocycles. The third-order valence-electron chi connectivity index (χ3n) is 2.62. The van der Waals surface area contributed by atoms with Gasteiger partial charge in [-0.15, -0.1) is 5.10 Å². The van der Waals surface area contributed by atoms with Crippen LogP contribution < -0.4 is 5.32 Å². The minimum atomic E-state index is -1.01. The first-order chi connectivity index (χ1) is 9.56. The molecule has 6 nitrogen and oxygen atoms in total. The third-order valence-corrected chi connectivity index (χ3v) is 3.69. The number of nitrogens with zero attached hydrogens (tertiary/aromatic N) is 2. The predicted molar refractivity (Wildman–Crippen MR) is 77.9 cm³/mol. The lowest BCUT2D eigenvalue weighted by atomic mass is 10.1. The van der Waals surface area contributed by atoms with Crippen LogP contribution in [0, 0.1) is 0 Å². The van der Waals surface area contributed by atoms with Crippen molar-refractivity contribution in [1.82, 2.24) is 5.32 Å². The molecule has 1 aromatic carbocycles. The fourth-order valence-electron chi connectivity index (χ4n) is 1.60. The van der Waals surface area contributed by atoms with Gasteiger partial charge in [-0.3, -0.25) is 9.59 Å². The van der Waals surface area contributed by atoms with Crippen LogP contribution in [0.15, 0.2) is 40.5 Å². The van der Waals surface area contributed by atoms with Crippen molar-refractivity contribution in [2.45, 2.75) is 18.6 Å². The van der Waals surface area contributed by atoms with Crippen LogP contribution in [0.2, 0.25) is 0 Å². The molecule has 1 atom stereocenters. The van der Waals surface area contributed by atoms with Crippen LogP contribution in [-0.2, 0) is 9.59 Å². The molecule has 0 bridgehead atoms. The van der Waals surface area contributed by atoms with E-state index >= 15 is 0 Å². The van der Waals surface area contributed by atoms with Gasteiger partial charge in [0.1, 0.15) is 5.25 Å². The number of hydrogen-bond donors (Lipinski definition) is 2. The van der Waals surface area contributed by atoms with Gasteiger partial charge < -0.3 is 10.4 Å². The summed E-state index contributed by atoms with van der Waals surface area (Å²) in [5, 5.41) is 18.9. The van der Waals surface area contributed by atoms with E-state index in [9.17, 15) is 9.59 Å². The van der Waals surface area contributed by atoms with E-state index in [1.807, 2.05) is 37.3 Å². The van der Waals surface area contributed by atoms with Crippen LogP contribution in [0.4, 0.5) is 0 Å². The SMILES string of the molecule is C/C(=N\N=C1\NC(=O)C(CC(=O)O)S1)c1ccccc1. The minimum absolute atomic E-state index is 0.225. The van der Waals surface area contributed by atoms with Crippen molar-refractivity contribution in [1.29, 1.82) is 0 Å². The van der Waals surface area contributed by atoms with E-state index in [1.165, 1.54) is 0 Å². The van der Waals surface area contributed by atoms with E-state index in [4.69, 9.17) is 5.11 Å². The summed E-state index contributed by atoms with van der Waals surface area (Å²) < 4.78 is 0. The summed E-state index contributed by atoms with van der Waals surface area (Å²) in [6.07, 6.45) is -0.225. The summed E-state index contributed by atoms with van der Waals surface area (Å²) >= 11 is 1.09. The topological polar surface area (TPSA) is 91.1 Å². The van der Waals surface area contributed by atoms with E-state index in [2.05, 4.69) is 15.5 Å². The van der Waals surface area contributed by atoms with E-state index in [1.54, 1.807) is 0 Å². The third kappa shape index (κ3) is 3.67. The smallest absolute Gasteiger partial charge is 0.305 e. The van der Waals surface area contributed by atoms with Crippen molar-refractivity contribution in [3.63, 3.8) is 0 Å². The number of benzene rings is 1. The fourth-order valence-corrected chi connectivity index (χ4v) is 2.51. The Balaban J connectivity index is 2.06. The van der Waals surface area contributed by atoms with Gasteiger partial charge in [0.05, 0.1) is 12.1 Å². The molecule has 1 aliphatic heterocycles. The summed E-state index contributed by atoms with van der Waals surface area (Å²) in [5.41, 5.74) is 1.66. The zero-order chi connectivity index (χ0) is 14.5. The van der Waals surface area contributed by atoms with Gasteiger partial charge in [0.15, 0.2) is 5.17 Å². The van der Waals surface area contributed by atoms with Crippen LogP contribution in [0.3, 0.4) is 0 Å². The molecule has 0 aromatic heterocycles. The lowest BCUT2D eigenvalue weighted by Gasteiger charge is -1.98. The second kappa shape index (κ2) is 6.33. The molecule has 0 radical (unpaired) electrons. The number of thioether (sulfide) groups is 1. The number of rotatable bonds is 4. The molecule has 0 saturated carbocycles. The van der Waals surface area contributed by atoms with Crippen LogP contribution in [0.25, 0.3) is 0 Å². The summed E-state index contributed by atoms with van der Waals surface area (Å²) in [4.78, 5) is 22.1. The molecule has 0 spiro atoms. The first-order valence-corrected chi connectivity index (χ1v) is 6.81. The largest absolute Gasteiger partial charge is 0.481 e. The van der Waals surface area contributed by atoms with Gasteiger partial charge in [-0.1, -0.05) is 42.1 Å². The Morgan fingerprint density at radius 3 is 2.75 bits per heavy atom. The number of hydrogen-bond acceptors (Lipinski definition) is 5. The van der Waals surface area contributed by atoms with E-state index in [0.717, 1.165) is 23.0 Å². The number of carboxylic acids is 1. The first kappa shape index (κ1) is 14.3. The quantitative estimate of drug-likeness (QED) is 0.649. The molecule has 0 aliphatic carbocycles. The van der Waals surface area contributed by atoms with Crippen molar-refractivity contribution in [3.8, 4) is 0 Å². The molecule has 1 aromatic rings. The maximum Gasteiger partial charge on any atom is 0.305 e. The highest BCUT2D eigenvalue weighted by molar-refractivity contribution is 8.15. The summed E-state index contributed by atoms with van der Waals surface area (Å²) in [5.74, 6) is -1.36. The number of carbonyl (C=O) groups excluding carboxylic acids is 1. The van der Waals surface area contributed by atoms with Crippen molar-refractivity contribution in [2.75, 3.05) is 0 Å². The van der Waals surface area contributed by atoms with Gasteiger partial charge in [0.25, 0.3) is 0 Å². The molecule has 1 aliphatic rings. The van der Waals surface area contributed by atoms with Gasteiger partial charge in [0, 0.05) is 0 Å². The molecule has 1 unspecified atom stereocenters. The Bertz CT molecular complexity index is 584. The number of carbonyl (C=O) groups is 2.